The van der Waals surface area contributed by atoms with Gasteiger partial charge in [0.2, 0.25) is 0 Å². The maximum absolute atomic E-state index is 11.2. The van der Waals surface area contributed by atoms with Crippen LogP contribution in [0.2, 0.25) is 5.02 Å². The molecule has 1 aromatic carbocycles. The van der Waals surface area contributed by atoms with Gasteiger partial charge in [-0.25, -0.2) is 4.79 Å². The molecule has 0 radical (unpaired) electrons. The van der Waals surface area contributed by atoms with Gasteiger partial charge in [0.1, 0.15) is 0 Å². The Kier molecular flexibility index (Phi) is 3.38. The van der Waals surface area contributed by atoms with Crippen molar-refractivity contribution < 1.29 is 9.90 Å². The SMILES string of the molecule is NC1(C(=O)O)CCCN1Cc1ccccc1Cl. The third kappa shape index (κ3) is 2.29. The zero-order valence-electron chi connectivity index (χ0n) is 9.40. The van der Waals surface area contributed by atoms with Crippen molar-refractivity contribution in [2.75, 3.05) is 6.54 Å². The highest BCUT2D eigenvalue weighted by atomic mass is 35.5. The van der Waals surface area contributed by atoms with Gasteiger partial charge in [-0.3, -0.25) is 4.90 Å². The van der Waals surface area contributed by atoms with Crippen molar-refractivity contribution in [1.29, 1.82) is 0 Å². The Morgan fingerprint density at radius 2 is 2.24 bits per heavy atom. The molecule has 1 atom stereocenters. The van der Waals surface area contributed by atoms with E-state index in [1.807, 2.05) is 18.2 Å². The first-order valence-corrected chi connectivity index (χ1v) is 5.92. The molecule has 0 spiro atoms. The minimum absolute atomic E-state index is 0.475. The smallest absolute Gasteiger partial charge is 0.338 e. The summed E-state index contributed by atoms with van der Waals surface area (Å²) in [6.45, 7) is 1.16. The number of rotatable bonds is 3. The minimum atomic E-state index is -1.25. The lowest BCUT2D eigenvalue weighted by Crippen LogP contribution is -2.57. The van der Waals surface area contributed by atoms with Crippen LogP contribution in [0.4, 0.5) is 0 Å². The maximum Gasteiger partial charge on any atom is 0.338 e. The number of carboxylic acids is 1. The molecule has 0 amide bonds. The van der Waals surface area contributed by atoms with Gasteiger partial charge in [0.05, 0.1) is 0 Å². The van der Waals surface area contributed by atoms with Crippen molar-refractivity contribution in [3.63, 3.8) is 0 Å². The van der Waals surface area contributed by atoms with E-state index in [4.69, 9.17) is 17.3 Å². The molecule has 3 N–H and O–H groups in total. The largest absolute Gasteiger partial charge is 0.479 e. The fourth-order valence-corrected chi connectivity index (χ4v) is 2.39. The standard InChI is InChI=1S/C12H15ClN2O2/c13-10-5-2-1-4-9(10)8-15-7-3-6-12(15,14)11(16)17/h1-2,4-5H,3,6-8,14H2,(H,16,17). The number of carbonyl (C=O) groups is 1. The van der Waals surface area contributed by atoms with Crippen LogP contribution in [-0.4, -0.2) is 28.2 Å². The number of benzene rings is 1. The summed E-state index contributed by atoms with van der Waals surface area (Å²) in [5, 5.41) is 9.84. The molecular formula is C12H15ClN2O2. The van der Waals surface area contributed by atoms with Crippen molar-refractivity contribution in [2.24, 2.45) is 5.73 Å². The zero-order valence-corrected chi connectivity index (χ0v) is 10.2. The lowest BCUT2D eigenvalue weighted by molar-refractivity contribution is -0.149. The number of aliphatic carboxylic acids is 1. The average molecular weight is 255 g/mol. The molecule has 1 aliphatic heterocycles. The van der Waals surface area contributed by atoms with E-state index in [-0.39, 0.29) is 0 Å². The summed E-state index contributed by atoms with van der Waals surface area (Å²) < 4.78 is 0. The maximum atomic E-state index is 11.2. The van der Waals surface area contributed by atoms with Crippen LogP contribution in [-0.2, 0) is 11.3 Å². The highest BCUT2D eigenvalue weighted by molar-refractivity contribution is 6.31. The van der Waals surface area contributed by atoms with Gasteiger partial charge in [0, 0.05) is 18.1 Å². The van der Waals surface area contributed by atoms with Crippen LogP contribution in [0.15, 0.2) is 24.3 Å². The quantitative estimate of drug-likeness (QED) is 0.861. The molecule has 1 aliphatic rings. The number of hydrogen-bond acceptors (Lipinski definition) is 3. The Bertz CT molecular complexity index is 438. The first-order valence-electron chi connectivity index (χ1n) is 5.55. The number of nitrogens with two attached hydrogens (primary N) is 1. The van der Waals surface area contributed by atoms with Crippen LogP contribution in [0.25, 0.3) is 0 Å². The Labute approximate surface area is 105 Å². The topological polar surface area (TPSA) is 66.6 Å². The third-order valence-corrected chi connectivity index (χ3v) is 3.61. The van der Waals surface area contributed by atoms with Gasteiger partial charge in [-0.05, 0) is 24.5 Å². The molecule has 5 heteroatoms. The van der Waals surface area contributed by atoms with Crippen LogP contribution in [0.3, 0.4) is 0 Å². The summed E-state index contributed by atoms with van der Waals surface area (Å²) in [5.41, 5.74) is 5.59. The number of carboxylic acid groups (broad SMARTS) is 1. The predicted octanol–water partition coefficient (Wildman–Crippen LogP) is 1.68. The highest BCUT2D eigenvalue weighted by Crippen LogP contribution is 2.28. The van der Waals surface area contributed by atoms with Gasteiger partial charge in [-0.1, -0.05) is 29.8 Å². The predicted molar refractivity (Wildman–Crippen MR) is 65.7 cm³/mol. The van der Waals surface area contributed by atoms with Crippen LogP contribution in [0.1, 0.15) is 18.4 Å². The lowest BCUT2D eigenvalue weighted by Gasteiger charge is -2.30. The van der Waals surface area contributed by atoms with Crippen molar-refractivity contribution in [3.8, 4) is 0 Å². The fourth-order valence-electron chi connectivity index (χ4n) is 2.19. The second-order valence-electron chi connectivity index (χ2n) is 4.35. The van der Waals surface area contributed by atoms with Crippen molar-refractivity contribution >= 4 is 17.6 Å². The molecule has 92 valence electrons. The summed E-state index contributed by atoms with van der Waals surface area (Å²) in [5.74, 6) is -0.970. The Hall–Kier alpha value is -1.10. The van der Waals surface area contributed by atoms with Crippen molar-refractivity contribution in [3.05, 3.63) is 34.9 Å². The molecule has 0 aliphatic carbocycles. The Morgan fingerprint density at radius 1 is 1.53 bits per heavy atom. The molecular weight excluding hydrogens is 240 g/mol. The van der Waals surface area contributed by atoms with Crippen LogP contribution in [0, 0.1) is 0 Å². The van der Waals surface area contributed by atoms with Crippen molar-refractivity contribution in [1.82, 2.24) is 4.90 Å². The number of nitrogens with zero attached hydrogens (tertiary/aromatic N) is 1. The number of likely N-dealkylation sites (tertiary alicyclic amines) is 1. The number of hydrogen-bond donors (Lipinski definition) is 2. The first kappa shape index (κ1) is 12.4. The molecule has 1 heterocycles. The molecule has 2 rings (SSSR count). The van der Waals surface area contributed by atoms with Gasteiger partial charge in [0.15, 0.2) is 5.66 Å². The van der Waals surface area contributed by atoms with E-state index >= 15 is 0 Å². The summed E-state index contributed by atoms with van der Waals surface area (Å²) in [6.07, 6.45) is 1.28. The van der Waals surface area contributed by atoms with E-state index in [9.17, 15) is 9.90 Å². The Balaban J connectivity index is 2.19. The normalized spacial score (nSPS) is 25.1. The van der Waals surface area contributed by atoms with E-state index in [0.717, 1.165) is 12.0 Å². The van der Waals surface area contributed by atoms with Crippen LogP contribution in [0.5, 0.6) is 0 Å². The number of halogens is 1. The molecule has 1 saturated heterocycles. The molecule has 17 heavy (non-hydrogen) atoms. The minimum Gasteiger partial charge on any atom is -0.479 e. The Morgan fingerprint density at radius 3 is 2.88 bits per heavy atom. The molecule has 4 nitrogen and oxygen atoms in total. The van der Waals surface area contributed by atoms with E-state index in [0.29, 0.717) is 24.5 Å². The van der Waals surface area contributed by atoms with Gasteiger partial charge >= 0.3 is 5.97 Å². The molecule has 0 aromatic heterocycles. The second-order valence-corrected chi connectivity index (χ2v) is 4.75. The van der Waals surface area contributed by atoms with E-state index < -0.39 is 11.6 Å². The van der Waals surface area contributed by atoms with Crippen LogP contribution >= 0.6 is 11.6 Å². The first-order chi connectivity index (χ1) is 8.04. The summed E-state index contributed by atoms with van der Waals surface area (Å²) >= 11 is 6.06. The lowest BCUT2D eigenvalue weighted by atomic mass is 10.1. The summed E-state index contributed by atoms with van der Waals surface area (Å²) in [7, 11) is 0. The van der Waals surface area contributed by atoms with E-state index in [1.165, 1.54) is 0 Å². The highest BCUT2D eigenvalue weighted by Gasteiger charge is 2.44. The second kappa shape index (κ2) is 4.64. The van der Waals surface area contributed by atoms with Gasteiger partial charge in [0.25, 0.3) is 0 Å². The summed E-state index contributed by atoms with van der Waals surface area (Å²) in [6, 6.07) is 7.42. The zero-order chi connectivity index (χ0) is 12.5. The third-order valence-electron chi connectivity index (χ3n) is 3.24. The van der Waals surface area contributed by atoms with Gasteiger partial charge in [-0.15, -0.1) is 0 Å². The molecule has 0 bridgehead atoms. The fraction of sp³-hybridized carbons (Fsp3) is 0.417. The molecule has 1 unspecified atom stereocenters. The molecule has 0 saturated carbocycles. The van der Waals surface area contributed by atoms with E-state index in [1.54, 1.807) is 11.0 Å². The van der Waals surface area contributed by atoms with Crippen LogP contribution < -0.4 is 5.73 Å². The van der Waals surface area contributed by atoms with Crippen molar-refractivity contribution in [2.45, 2.75) is 25.0 Å². The average Bonchev–Trinajstić information content (AvgIpc) is 2.65. The molecule has 1 aromatic rings. The van der Waals surface area contributed by atoms with Gasteiger partial charge < -0.3 is 10.8 Å². The molecule has 1 fully saturated rings. The monoisotopic (exact) mass is 254 g/mol. The van der Waals surface area contributed by atoms with E-state index in [2.05, 4.69) is 0 Å². The van der Waals surface area contributed by atoms with Gasteiger partial charge in [-0.2, -0.15) is 0 Å². The summed E-state index contributed by atoms with van der Waals surface area (Å²) in [4.78, 5) is 13.0.